The highest BCUT2D eigenvalue weighted by Crippen LogP contribution is 2.33. The van der Waals surface area contributed by atoms with Crippen molar-refractivity contribution in [3.05, 3.63) is 0 Å². The first-order valence-electron chi connectivity index (χ1n) is 12.8. The van der Waals surface area contributed by atoms with Crippen LogP contribution in [0.15, 0.2) is 0 Å². The summed E-state index contributed by atoms with van der Waals surface area (Å²) in [6.45, 7) is 11.4. The number of carbonyl (C=O) groups is 1. The van der Waals surface area contributed by atoms with Gasteiger partial charge in [0.15, 0.2) is 5.79 Å². The Morgan fingerprint density at radius 2 is 1.39 bits per heavy atom. The summed E-state index contributed by atoms with van der Waals surface area (Å²) in [5.74, 6) is -1.04. The molecule has 0 aliphatic carbocycles. The summed E-state index contributed by atoms with van der Waals surface area (Å²) in [5.41, 5.74) is -0.583. The monoisotopic (exact) mass is 442 g/mol. The highest BCUT2D eigenvalue weighted by molar-refractivity contribution is 5.75. The lowest BCUT2D eigenvalue weighted by molar-refractivity contribution is -0.167. The molecule has 0 saturated carbocycles. The maximum Gasteiger partial charge on any atom is 0.311 e. The zero-order valence-electron chi connectivity index (χ0n) is 21.2. The van der Waals surface area contributed by atoms with E-state index in [0.29, 0.717) is 0 Å². The van der Waals surface area contributed by atoms with Crippen molar-refractivity contribution in [3.8, 4) is 0 Å². The first kappa shape index (κ1) is 28.4. The van der Waals surface area contributed by atoms with Gasteiger partial charge < -0.3 is 19.3 Å². The average Bonchev–Trinajstić information content (AvgIpc) is 3.00. The Hall–Kier alpha value is -0.650. The van der Waals surface area contributed by atoms with Crippen LogP contribution >= 0.6 is 0 Å². The van der Waals surface area contributed by atoms with Gasteiger partial charge in [0.25, 0.3) is 0 Å². The highest BCUT2D eigenvalue weighted by atomic mass is 16.8. The van der Waals surface area contributed by atoms with E-state index in [-0.39, 0.29) is 18.7 Å². The third-order valence-corrected chi connectivity index (χ3v) is 5.94. The molecule has 0 amide bonds. The smallest absolute Gasteiger partial charge is 0.311 e. The van der Waals surface area contributed by atoms with Crippen molar-refractivity contribution in [1.82, 2.24) is 0 Å². The molecule has 1 saturated heterocycles. The fourth-order valence-corrected chi connectivity index (χ4v) is 4.07. The number of ether oxygens (including phenoxy) is 3. The predicted octanol–water partition coefficient (Wildman–Crippen LogP) is 6.55. The van der Waals surface area contributed by atoms with Crippen LogP contribution in [0.25, 0.3) is 0 Å². The summed E-state index contributed by atoms with van der Waals surface area (Å²) in [6, 6.07) is 0. The molecule has 1 fully saturated rings. The predicted molar refractivity (Wildman–Crippen MR) is 126 cm³/mol. The molecule has 0 unspecified atom stereocenters. The molecule has 1 aliphatic heterocycles. The summed E-state index contributed by atoms with van der Waals surface area (Å²) in [7, 11) is 0. The summed E-state index contributed by atoms with van der Waals surface area (Å²) >= 11 is 0. The Kier molecular flexibility index (Phi) is 13.3. The average molecular weight is 443 g/mol. The van der Waals surface area contributed by atoms with Gasteiger partial charge in [-0.2, -0.15) is 0 Å². The van der Waals surface area contributed by atoms with E-state index in [1.165, 1.54) is 70.6 Å². The Bertz CT molecular complexity index is 483. The summed E-state index contributed by atoms with van der Waals surface area (Å²) in [5, 5.41) is 10.6. The molecule has 1 heterocycles. The van der Waals surface area contributed by atoms with E-state index in [1.807, 2.05) is 13.8 Å². The van der Waals surface area contributed by atoms with E-state index in [2.05, 4.69) is 6.92 Å². The number of aliphatic hydroxyl groups is 1. The van der Waals surface area contributed by atoms with Crippen LogP contribution in [0, 0.1) is 5.41 Å². The summed E-state index contributed by atoms with van der Waals surface area (Å²) < 4.78 is 17.3. The van der Waals surface area contributed by atoms with Crippen LogP contribution in [0.1, 0.15) is 125 Å². The molecule has 0 aromatic carbocycles. The molecule has 0 aromatic heterocycles. The third kappa shape index (κ3) is 12.2. The second-order valence-corrected chi connectivity index (χ2v) is 10.7. The van der Waals surface area contributed by atoms with E-state index in [1.54, 1.807) is 20.8 Å². The Labute approximate surface area is 191 Å². The van der Waals surface area contributed by atoms with Crippen molar-refractivity contribution in [2.24, 2.45) is 5.41 Å². The van der Waals surface area contributed by atoms with Crippen LogP contribution in [0.5, 0.6) is 0 Å². The molecule has 5 heteroatoms. The van der Waals surface area contributed by atoms with E-state index in [4.69, 9.17) is 14.2 Å². The van der Waals surface area contributed by atoms with Gasteiger partial charge in [0.05, 0.1) is 11.5 Å². The van der Waals surface area contributed by atoms with Gasteiger partial charge in [0.1, 0.15) is 18.8 Å². The van der Waals surface area contributed by atoms with E-state index in [0.717, 1.165) is 12.8 Å². The van der Waals surface area contributed by atoms with Gasteiger partial charge in [-0.25, -0.2) is 0 Å². The highest BCUT2D eigenvalue weighted by Gasteiger charge is 2.44. The van der Waals surface area contributed by atoms with E-state index < -0.39 is 23.4 Å². The van der Waals surface area contributed by atoms with Gasteiger partial charge in [-0.05, 0) is 41.0 Å². The number of rotatable bonds is 16. The van der Waals surface area contributed by atoms with Gasteiger partial charge in [-0.15, -0.1) is 0 Å². The normalized spacial score (nSPS) is 21.9. The molecule has 184 valence electrons. The standard InChI is InChI=1S/C26H50O5/c1-7-8-9-10-11-12-13-14-15-16-17-18-19-22-23(31-26(5,6)30-22)21(27)20-29-24(28)25(2,3)4/h21-23,27H,7-20H2,1-6H3/t21-,22-,23-/m0/s1. The van der Waals surface area contributed by atoms with Gasteiger partial charge in [0.2, 0.25) is 0 Å². The van der Waals surface area contributed by atoms with E-state index >= 15 is 0 Å². The molecule has 3 atom stereocenters. The van der Waals surface area contributed by atoms with Gasteiger partial charge in [-0.3, -0.25) is 4.79 Å². The molecule has 0 aromatic rings. The number of esters is 1. The fourth-order valence-electron chi connectivity index (χ4n) is 4.07. The van der Waals surface area contributed by atoms with E-state index in [9.17, 15) is 9.90 Å². The van der Waals surface area contributed by atoms with Crippen molar-refractivity contribution >= 4 is 5.97 Å². The number of hydrogen-bond donors (Lipinski definition) is 1. The van der Waals surface area contributed by atoms with Crippen molar-refractivity contribution in [1.29, 1.82) is 0 Å². The SMILES string of the molecule is CCCCCCCCCCCCCC[C@@H]1OC(C)(C)O[C@H]1[C@@H](O)COC(=O)C(C)(C)C. The Balaban J connectivity index is 2.21. The van der Waals surface area contributed by atoms with Crippen LogP contribution in [-0.4, -0.2) is 41.8 Å². The Morgan fingerprint density at radius 3 is 1.87 bits per heavy atom. The lowest BCUT2D eigenvalue weighted by Crippen LogP contribution is -2.40. The van der Waals surface area contributed by atoms with Crippen LogP contribution in [0.4, 0.5) is 0 Å². The quantitative estimate of drug-likeness (QED) is 0.217. The van der Waals surface area contributed by atoms with Crippen molar-refractivity contribution < 1.29 is 24.1 Å². The first-order chi connectivity index (χ1) is 14.6. The molecular weight excluding hydrogens is 392 g/mol. The number of hydrogen-bond acceptors (Lipinski definition) is 5. The van der Waals surface area contributed by atoms with Crippen molar-refractivity contribution in [3.63, 3.8) is 0 Å². The minimum Gasteiger partial charge on any atom is -0.462 e. The topological polar surface area (TPSA) is 65.0 Å². The lowest BCUT2D eigenvalue weighted by Gasteiger charge is -2.24. The summed E-state index contributed by atoms with van der Waals surface area (Å²) in [4.78, 5) is 12.0. The molecule has 1 aliphatic rings. The van der Waals surface area contributed by atoms with Crippen LogP contribution in [-0.2, 0) is 19.0 Å². The zero-order valence-corrected chi connectivity index (χ0v) is 21.2. The second kappa shape index (κ2) is 14.5. The minimum atomic E-state index is -0.879. The lowest BCUT2D eigenvalue weighted by atomic mass is 9.97. The van der Waals surface area contributed by atoms with Crippen LogP contribution in [0.2, 0.25) is 0 Å². The molecule has 31 heavy (non-hydrogen) atoms. The maximum atomic E-state index is 12.0. The van der Waals surface area contributed by atoms with Crippen molar-refractivity contribution in [2.75, 3.05) is 6.61 Å². The number of unbranched alkanes of at least 4 members (excludes halogenated alkanes) is 11. The number of aliphatic hydroxyl groups excluding tert-OH is 1. The van der Waals surface area contributed by atoms with Gasteiger partial charge in [-0.1, -0.05) is 84.0 Å². The molecule has 5 nitrogen and oxygen atoms in total. The van der Waals surface area contributed by atoms with Crippen molar-refractivity contribution in [2.45, 2.75) is 149 Å². The minimum absolute atomic E-state index is 0.0604. The largest absolute Gasteiger partial charge is 0.462 e. The van der Waals surface area contributed by atoms with Crippen LogP contribution < -0.4 is 0 Å². The third-order valence-electron chi connectivity index (χ3n) is 5.94. The fraction of sp³-hybridized carbons (Fsp3) is 0.962. The summed E-state index contributed by atoms with van der Waals surface area (Å²) in [6.07, 6.45) is 15.1. The molecule has 0 spiro atoms. The molecule has 0 bridgehead atoms. The Morgan fingerprint density at radius 1 is 0.903 bits per heavy atom. The molecular formula is C26H50O5. The van der Waals surface area contributed by atoms with Crippen LogP contribution in [0.3, 0.4) is 0 Å². The molecule has 1 N–H and O–H groups in total. The first-order valence-corrected chi connectivity index (χ1v) is 12.8. The maximum absolute atomic E-state index is 12.0. The van der Waals surface area contributed by atoms with Gasteiger partial charge >= 0.3 is 5.97 Å². The zero-order chi connectivity index (χ0) is 23.3. The van der Waals surface area contributed by atoms with Gasteiger partial charge in [0, 0.05) is 0 Å². The molecule has 0 radical (unpaired) electrons. The number of carbonyl (C=O) groups excluding carboxylic acids is 1. The second-order valence-electron chi connectivity index (χ2n) is 10.7. The molecule has 1 rings (SSSR count).